The Kier molecular flexibility index (Phi) is 7.49. The van der Waals surface area contributed by atoms with Crippen LogP contribution in [0.5, 0.6) is 5.75 Å². The summed E-state index contributed by atoms with van der Waals surface area (Å²) < 4.78 is 5.24. The van der Waals surface area contributed by atoms with Crippen LogP contribution in [0.15, 0.2) is 53.9 Å². The average molecular weight is 440 g/mol. The van der Waals surface area contributed by atoms with Gasteiger partial charge in [0.2, 0.25) is 0 Å². The molecule has 0 atom stereocenters. The number of benzene rings is 2. The fraction of sp³-hybridized carbons (Fsp3) is 0.304. The maximum absolute atomic E-state index is 12.3. The minimum absolute atomic E-state index is 0.284. The highest BCUT2D eigenvalue weighted by Crippen LogP contribution is 2.34. The number of amides is 2. The molecule has 0 aliphatic carbocycles. The summed E-state index contributed by atoms with van der Waals surface area (Å²) in [7, 11) is 1.65. The summed E-state index contributed by atoms with van der Waals surface area (Å²) in [5.74, 6) is 0.818. The number of nitrogens with two attached hydrogens (primary N) is 1. The van der Waals surface area contributed by atoms with E-state index in [1.807, 2.05) is 53.9 Å². The van der Waals surface area contributed by atoms with Gasteiger partial charge in [-0.05, 0) is 35.4 Å². The Bertz CT molecular complexity index is 984. The maximum atomic E-state index is 12.3. The molecular formula is C23H29N5O2S. The number of rotatable bonds is 9. The Labute approximate surface area is 187 Å². The van der Waals surface area contributed by atoms with E-state index in [1.165, 1.54) is 11.3 Å². The Morgan fingerprint density at radius 2 is 1.84 bits per heavy atom. The van der Waals surface area contributed by atoms with Gasteiger partial charge in [-0.1, -0.05) is 38.1 Å². The lowest BCUT2D eigenvalue weighted by Gasteiger charge is -2.23. The van der Waals surface area contributed by atoms with Crippen LogP contribution in [0.25, 0.3) is 0 Å². The van der Waals surface area contributed by atoms with Gasteiger partial charge in [-0.2, -0.15) is 0 Å². The zero-order chi connectivity index (χ0) is 22.3. The number of thiazole rings is 1. The summed E-state index contributed by atoms with van der Waals surface area (Å²) in [4.78, 5) is 16.9. The normalized spacial score (nSPS) is 11.1. The van der Waals surface area contributed by atoms with E-state index in [0.717, 1.165) is 34.8 Å². The summed E-state index contributed by atoms with van der Waals surface area (Å²) in [6.07, 6.45) is 0. The number of carbonyl (C=O) groups excluding carboxylic acids is 1. The van der Waals surface area contributed by atoms with Crippen LogP contribution < -0.4 is 26.4 Å². The molecule has 0 fully saturated rings. The molecule has 3 aromatic rings. The van der Waals surface area contributed by atoms with Crippen molar-refractivity contribution in [1.29, 1.82) is 0 Å². The largest absolute Gasteiger partial charge is 0.497 e. The van der Waals surface area contributed by atoms with Gasteiger partial charge in [0.05, 0.1) is 12.8 Å². The summed E-state index contributed by atoms with van der Waals surface area (Å²) in [6, 6.07) is 15.6. The van der Waals surface area contributed by atoms with Gasteiger partial charge < -0.3 is 21.1 Å². The molecule has 164 valence electrons. The van der Waals surface area contributed by atoms with E-state index in [-0.39, 0.29) is 11.4 Å². The van der Waals surface area contributed by atoms with Gasteiger partial charge >= 0.3 is 6.03 Å². The fourth-order valence-corrected chi connectivity index (χ4v) is 3.93. The second-order valence-electron chi connectivity index (χ2n) is 7.61. The van der Waals surface area contributed by atoms with Crippen LogP contribution in [0.3, 0.4) is 0 Å². The summed E-state index contributed by atoms with van der Waals surface area (Å²) in [5.41, 5.74) is 9.24. The third-order valence-electron chi connectivity index (χ3n) is 5.06. The zero-order valence-electron chi connectivity index (χ0n) is 18.1. The van der Waals surface area contributed by atoms with Crippen molar-refractivity contribution in [2.24, 2.45) is 5.73 Å². The molecule has 0 aliphatic rings. The number of nitrogens with one attached hydrogen (secondary N) is 3. The standard InChI is InChI=1S/C23H29N5O2S/c1-23(2,17-6-10-19(30-3)11-7-17)20-15-31-22(27-20)28-21(29)26-14-16-4-8-18(9-5-16)25-13-12-24/h4-11,15,25H,12-14,24H2,1-3H3,(H2,26,27,28,29). The first-order valence-corrected chi connectivity index (χ1v) is 11.0. The molecule has 8 heteroatoms. The maximum Gasteiger partial charge on any atom is 0.321 e. The van der Waals surface area contributed by atoms with E-state index in [9.17, 15) is 4.79 Å². The number of anilines is 2. The molecule has 0 radical (unpaired) electrons. The number of nitrogens with zero attached hydrogens (tertiary/aromatic N) is 1. The van der Waals surface area contributed by atoms with E-state index < -0.39 is 0 Å². The van der Waals surface area contributed by atoms with Gasteiger partial charge in [-0.25, -0.2) is 9.78 Å². The van der Waals surface area contributed by atoms with E-state index in [4.69, 9.17) is 10.5 Å². The summed E-state index contributed by atoms with van der Waals surface area (Å²) in [6.45, 7) is 5.96. The lowest BCUT2D eigenvalue weighted by molar-refractivity contribution is 0.251. The molecule has 0 aliphatic heterocycles. The summed E-state index contributed by atoms with van der Waals surface area (Å²) >= 11 is 1.41. The molecule has 0 saturated carbocycles. The van der Waals surface area contributed by atoms with Crippen LogP contribution in [0.4, 0.5) is 15.6 Å². The van der Waals surface area contributed by atoms with Crippen molar-refractivity contribution in [1.82, 2.24) is 10.3 Å². The predicted molar refractivity (Wildman–Crippen MR) is 127 cm³/mol. The molecule has 31 heavy (non-hydrogen) atoms. The van der Waals surface area contributed by atoms with E-state index in [0.29, 0.717) is 18.2 Å². The first-order chi connectivity index (χ1) is 14.9. The smallest absolute Gasteiger partial charge is 0.321 e. The minimum atomic E-state index is -0.293. The number of methoxy groups -OCH3 is 1. The van der Waals surface area contributed by atoms with Crippen molar-refractivity contribution in [3.63, 3.8) is 0 Å². The Morgan fingerprint density at radius 1 is 1.13 bits per heavy atom. The van der Waals surface area contributed by atoms with Crippen molar-refractivity contribution >= 4 is 28.2 Å². The fourth-order valence-electron chi connectivity index (χ4n) is 3.05. The van der Waals surface area contributed by atoms with Gasteiger partial charge in [-0.15, -0.1) is 11.3 Å². The van der Waals surface area contributed by atoms with Crippen molar-refractivity contribution in [3.8, 4) is 5.75 Å². The average Bonchev–Trinajstić information content (AvgIpc) is 3.26. The number of aromatic nitrogens is 1. The van der Waals surface area contributed by atoms with Crippen LogP contribution >= 0.6 is 11.3 Å². The Balaban J connectivity index is 1.55. The second kappa shape index (κ2) is 10.3. The number of hydrogen-bond donors (Lipinski definition) is 4. The van der Waals surface area contributed by atoms with E-state index in [1.54, 1.807) is 7.11 Å². The highest BCUT2D eigenvalue weighted by molar-refractivity contribution is 7.13. The van der Waals surface area contributed by atoms with Crippen LogP contribution in [0.1, 0.15) is 30.7 Å². The van der Waals surface area contributed by atoms with Gasteiger partial charge in [0.15, 0.2) is 5.13 Å². The number of urea groups is 1. The molecular weight excluding hydrogens is 410 g/mol. The van der Waals surface area contributed by atoms with Crippen molar-refractivity contribution in [2.75, 3.05) is 30.8 Å². The van der Waals surface area contributed by atoms with Crippen molar-refractivity contribution in [2.45, 2.75) is 25.8 Å². The van der Waals surface area contributed by atoms with Gasteiger partial charge in [0, 0.05) is 36.1 Å². The molecule has 3 rings (SSSR count). The number of carbonyl (C=O) groups is 1. The molecule has 0 unspecified atom stereocenters. The molecule has 1 aromatic heterocycles. The third-order valence-corrected chi connectivity index (χ3v) is 5.81. The van der Waals surface area contributed by atoms with Gasteiger partial charge in [0.1, 0.15) is 5.75 Å². The molecule has 0 spiro atoms. The van der Waals surface area contributed by atoms with Crippen molar-refractivity contribution < 1.29 is 9.53 Å². The number of hydrogen-bond acceptors (Lipinski definition) is 6. The highest BCUT2D eigenvalue weighted by atomic mass is 32.1. The molecule has 2 amide bonds. The SMILES string of the molecule is COc1ccc(C(C)(C)c2csc(NC(=O)NCc3ccc(NCCN)cc3)n2)cc1. The van der Waals surface area contributed by atoms with E-state index in [2.05, 4.69) is 34.8 Å². The first-order valence-electron chi connectivity index (χ1n) is 10.1. The van der Waals surface area contributed by atoms with Crippen molar-refractivity contribution in [3.05, 3.63) is 70.7 Å². The molecule has 5 N–H and O–H groups in total. The topological polar surface area (TPSA) is 101 Å². The predicted octanol–water partition coefficient (Wildman–Crippen LogP) is 4.17. The van der Waals surface area contributed by atoms with Crippen LogP contribution in [-0.2, 0) is 12.0 Å². The second-order valence-corrected chi connectivity index (χ2v) is 8.47. The van der Waals surface area contributed by atoms with Crippen LogP contribution in [0.2, 0.25) is 0 Å². The Hall–Kier alpha value is -3.10. The Morgan fingerprint density at radius 3 is 2.48 bits per heavy atom. The van der Waals surface area contributed by atoms with Crippen LogP contribution in [-0.4, -0.2) is 31.2 Å². The lowest BCUT2D eigenvalue weighted by atomic mass is 9.82. The molecule has 1 heterocycles. The molecule has 0 saturated heterocycles. The highest BCUT2D eigenvalue weighted by Gasteiger charge is 2.26. The van der Waals surface area contributed by atoms with E-state index >= 15 is 0 Å². The van der Waals surface area contributed by atoms with Crippen LogP contribution in [0, 0.1) is 0 Å². The minimum Gasteiger partial charge on any atom is -0.497 e. The molecule has 0 bridgehead atoms. The first kappa shape index (κ1) is 22.6. The number of ether oxygens (including phenoxy) is 1. The third kappa shape index (κ3) is 5.96. The lowest BCUT2D eigenvalue weighted by Crippen LogP contribution is -2.28. The van der Waals surface area contributed by atoms with Gasteiger partial charge in [0.25, 0.3) is 0 Å². The zero-order valence-corrected chi connectivity index (χ0v) is 18.9. The monoisotopic (exact) mass is 439 g/mol. The summed E-state index contributed by atoms with van der Waals surface area (Å²) in [5, 5.41) is 11.4. The molecule has 7 nitrogen and oxygen atoms in total. The van der Waals surface area contributed by atoms with Gasteiger partial charge in [-0.3, -0.25) is 5.32 Å². The molecule has 2 aromatic carbocycles. The quantitative estimate of drug-likeness (QED) is 0.401.